The summed E-state index contributed by atoms with van der Waals surface area (Å²) in [6.07, 6.45) is 3.47. The van der Waals surface area contributed by atoms with Gasteiger partial charge in [-0.15, -0.1) is 0 Å². The second-order valence-electron chi connectivity index (χ2n) is 4.14. The zero-order valence-electron chi connectivity index (χ0n) is 10.2. The Kier molecular flexibility index (Phi) is 3.75. The van der Waals surface area contributed by atoms with Crippen molar-refractivity contribution in [3.05, 3.63) is 50.8 Å². The minimum atomic E-state index is 0.295. The fourth-order valence-corrected chi connectivity index (χ4v) is 2.91. The fraction of sp³-hybridized carbons (Fsp3) is 0. The van der Waals surface area contributed by atoms with Crippen LogP contribution in [0.5, 0.6) is 0 Å². The van der Waals surface area contributed by atoms with Crippen LogP contribution in [0.15, 0.2) is 51.7 Å². The van der Waals surface area contributed by atoms with E-state index in [4.69, 9.17) is 10.3 Å². The first-order valence-corrected chi connectivity index (χ1v) is 7.65. The summed E-state index contributed by atoms with van der Waals surface area (Å²) in [5.41, 5.74) is 9.28. The average Bonchev–Trinajstić information content (AvgIpc) is 2.84. The zero-order valence-corrected chi connectivity index (χ0v) is 13.9. The van der Waals surface area contributed by atoms with Gasteiger partial charge in [0.1, 0.15) is 5.69 Å². The molecule has 3 rings (SSSR count). The molecule has 0 radical (unpaired) electrons. The summed E-state index contributed by atoms with van der Waals surface area (Å²) >= 11 is 5.74. The second-order valence-corrected chi connectivity index (χ2v) is 6.21. The zero-order chi connectivity index (χ0) is 14.1. The van der Waals surface area contributed by atoms with Crippen LogP contribution in [-0.2, 0) is 0 Å². The van der Waals surface area contributed by atoms with Crippen LogP contribution >= 0.6 is 38.5 Å². The lowest BCUT2D eigenvalue weighted by molar-refractivity contribution is 0.439. The fourth-order valence-electron chi connectivity index (χ4n) is 1.96. The predicted octanol–water partition coefficient (Wildman–Crippen LogP) is 4.35. The quantitative estimate of drug-likeness (QED) is 0.600. The first-order valence-electron chi connectivity index (χ1n) is 5.78. The smallest absolute Gasteiger partial charge is 0.230 e. The lowest BCUT2D eigenvalue weighted by Gasteiger charge is -2.05. The molecule has 0 saturated carbocycles. The lowest BCUT2D eigenvalue weighted by Crippen LogP contribution is -1.90. The normalized spacial score (nSPS) is 10.7. The Labute approximate surface area is 137 Å². The summed E-state index contributed by atoms with van der Waals surface area (Å²) in [5.74, 6) is 0.295. The Hall–Kier alpha value is -1.41. The van der Waals surface area contributed by atoms with Crippen molar-refractivity contribution in [3.8, 4) is 22.4 Å². The molecule has 0 bridgehead atoms. The van der Waals surface area contributed by atoms with Crippen LogP contribution in [0, 0.1) is 3.57 Å². The van der Waals surface area contributed by atoms with Gasteiger partial charge in [-0.2, -0.15) is 0 Å². The molecular formula is C14H9BrIN3O. The van der Waals surface area contributed by atoms with Gasteiger partial charge >= 0.3 is 0 Å². The molecule has 6 heteroatoms. The van der Waals surface area contributed by atoms with E-state index in [0.717, 1.165) is 30.4 Å². The van der Waals surface area contributed by atoms with Gasteiger partial charge in [0, 0.05) is 31.6 Å². The molecule has 2 aromatic heterocycles. The summed E-state index contributed by atoms with van der Waals surface area (Å²) in [6, 6.07) is 9.79. The minimum absolute atomic E-state index is 0.295. The maximum Gasteiger partial charge on any atom is 0.230 e. The van der Waals surface area contributed by atoms with Gasteiger partial charge in [-0.05, 0) is 46.9 Å². The van der Waals surface area contributed by atoms with E-state index in [0.29, 0.717) is 5.88 Å². The van der Waals surface area contributed by atoms with Gasteiger partial charge in [-0.25, -0.2) is 0 Å². The molecule has 0 aliphatic carbocycles. The molecule has 0 amide bonds. The SMILES string of the molecule is Nc1onc(-c2cc(Br)ccc2I)c1-c1cccnc1. The number of nitrogens with zero attached hydrogens (tertiary/aromatic N) is 2. The molecule has 0 unspecified atom stereocenters. The third kappa shape index (κ3) is 2.45. The Bertz CT molecular complexity index is 758. The van der Waals surface area contributed by atoms with Crippen LogP contribution in [0.4, 0.5) is 5.88 Å². The summed E-state index contributed by atoms with van der Waals surface area (Å²) in [4.78, 5) is 4.12. The van der Waals surface area contributed by atoms with Gasteiger partial charge in [0.05, 0.1) is 5.56 Å². The van der Waals surface area contributed by atoms with Crippen LogP contribution in [0.1, 0.15) is 0 Å². The molecule has 0 saturated heterocycles. The first kappa shape index (κ1) is 13.6. The molecule has 2 heterocycles. The highest BCUT2D eigenvalue weighted by atomic mass is 127. The molecule has 100 valence electrons. The highest BCUT2D eigenvalue weighted by molar-refractivity contribution is 14.1. The number of pyridine rings is 1. The van der Waals surface area contributed by atoms with Crippen molar-refractivity contribution >= 4 is 44.4 Å². The van der Waals surface area contributed by atoms with Crippen LogP contribution in [-0.4, -0.2) is 10.1 Å². The van der Waals surface area contributed by atoms with E-state index in [-0.39, 0.29) is 0 Å². The highest BCUT2D eigenvalue weighted by Gasteiger charge is 2.19. The largest absolute Gasteiger partial charge is 0.367 e. The van der Waals surface area contributed by atoms with Crippen molar-refractivity contribution in [2.24, 2.45) is 0 Å². The number of anilines is 1. The molecule has 20 heavy (non-hydrogen) atoms. The monoisotopic (exact) mass is 441 g/mol. The Morgan fingerprint density at radius 3 is 2.85 bits per heavy atom. The molecule has 2 N–H and O–H groups in total. The van der Waals surface area contributed by atoms with E-state index >= 15 is 0 Å². The third-order valence-electron chi connectivity index (χ3n) is 2.85. The minimum Gasteiger partial charge on any atom is -0.367 e. The highest BCUT2D eigenvalue weighted by Crippen LogP contribution is 2.38. The first-order chi connectivity index (χ1) is 9.66. The molecule has 0 fully saturated rings. The number of hydrogen-bond donors (Lipinski definition) is 1. The summed E-state index contributed by atoms with van der Waals surface area (Å²) < 4.78 is 7.23. The Morgan fingerprint density at radius 2 is 2.10 bits per heavy atom. The van der Waals surface area contributed by atoms with E-state index < -0.39 is 0 Å². The van der Waals surface area contributed by atoms with Crippen LogP contribution < -0.4 is 5.73 Å². The third-order valence-corrected chi connectivity index (χ3v) is 4.29. The number of aromatic nitrogens is 2. The van der Waals surface area contributed by atoms with Gasteiger partial charge in [-0.1, -0.05) is 27.2 Å². The van der Waals surface area contributed by atoms with Gasteiger partial charge in [0.2, 0.25) is 5.88 Å². The molecule has 1 aromatic carbocycles. The molecular weight excluding hydrogens is 433 g/mol. The van der Waals surface area contributed by atoms with Crippen LogP contribution in [0.25, 0.3) is 22.4 Å². The topological polar surface area (TPSA) is 64.9 Å². The number of halogens is 2. The molecule has 4 nitrogen and oxygen atoms in total. The molecule has 0 spiro atoms. The average molecular weight is 442 g/mol. The molecule has 3 aromatic rings. The standard InChI is InChI=1S/C14H9BrIN3O/c15-9-3-4-11(16)10(6-9)13-12(14(17)20-19-13)8-2-1-5-18-7-8/h1-7H,17H2. The van der Waals surface area contributed by atoms with E-state index in [2.05, 4.69) is 48.7 Å². The number of benzene rings is 1. The van der Waals surface area contributed by atoms with Crippen molar-refractivity contribution in [1.82, 2.24) is 10.1 Å². The van der Waals surface area contributed by atoms with Crippen molar-refractivity contribution in [1.29, 1.82) is 0 Å². The number of rotatable bonds is 2. The summed E-state index contributed by atoms with van der Waals surface area (Å²) in [6.45, 7) is 0. The van der Waals surface area contributed by atoms with Crippen molar-refractivity contribution in [3.63, 3.8) is 0 Å². The predicted molar refractivity (Wildman–Crippen MR) is 90.0 cm³/mol. The molecule has 0 aliphatic heterocycles. The van der Waals surface area contributed by atoms with Gasteiger partial charge in [0.15, 0.2) is 0 Å². The molecule has 0 aliphatic rings. The Balaban J connectivity index is 2.24. The van der Waals surface area contributed by atoms with Crippen molar-refractivity contribution in [2.75, 3.05) is 5.73 Å². The summed E-state index contributed by atoms with van der Waals surface area (Å²) in [7, 11) is 0. The molecule has 0 atom stereocenters. The van der Waals surface area contributed by atoms with E-state index in [1.54, 1.807) is 12.4 Å². The van der Waals surface area contributed by atoms with Gasteiger partial charge < -0.3 is 10.3 Å². The maximum absolute atomic E-state index is 5.93. The van der Waals surface area contributed by atoms with Gasteiger partial charge in [-0.3, -0.25) is 4.98 Å². The van der Waals surface area contributed by atoms with E-state index in [1.165, 1.54) is 0 Å². The summed E-state index contributed by atoms with van der Waals surface area (Å²) in [5, 5.41) is 4.11. The Morgan fingerprint density at radius 1 is 1.25 bits per heavy atom. The van der Waals surface area contributed by atoms with Gasteiger partial charge in [0.25, 0.3) is 0 Å². The second kappa shape index (κ2) is 5.53. The number of hydrogen-bond acceptors (Lipinski definition) is 4. The van der Waals surface area contributed by atoms with E-state index in [9.17, 15) is 0 Å². The maximum atomic E-state index is 5.93. The van der Waals surface area contributed by atoms with E-state index in [1.807, 2.05) is 30.3 Å². The number of nitrogen functional groups attached to an aromatic ring is 1. The van der Waals surface area contributed by atoms with Crippen LogP contribution in [0.2, 0.25) is 0 Å². The lowest BCUT2D eigenvalue weighted by atomic mass is 10.0. The van der Waals surface area contributed by atoms with Crippen LogP contribution in [0.3, 0.4) is 0 Å². The van der Waals surface area contributed by atoms with Crippen molar-refractivity contribution < 1.29 is 4.52 Å². The number of nitrogens with two attached hydrogens (primary N) is 1. The van der Waals surface area contributed by atoms with Crippen molar-refractivity contribution in [2.45, 2.75) is 0 Å².